The minimum Gasteiger partial charge on any atom is -0.496 e. The third-order valence-electron chi connectivity index (χ3n) is 4.07. The Morgan fingerprint density at radius 1 is 1.12 bits per heavy atom. The van der Waals surface area contributed by atoms with Crippen molar-refractivity contribution >= 4 is 29.9 Å². The van der Waals surface area contributed by atoms with Gasteiger partial charge in [-0.2, -0.15) is 0 Å². The number of nitrogens with zero attached hydrogens (tertiary/aromatic N) is 2. The molecule has 1 aliphatic rings. The van der Waals surface area contributed by atoms with Crippen LogP contribution in [0.2, 0.25) is 0 Å². The van der Waals surface area contributed by atoms with Crippen molar-refractivity contribution in [3.8, 4) is 17.2 Å². The van der Waals surface area contributed by atoms with E-state index >= 15 is 0 Å². The third-order valence-corrected chi connectivity index (χ3v) is 4.07. The summed E-state index contributed by atoms with van der Waals surface area (Å²) in [7, 11) is 3.23. The molecule has 6 nitrogen and oxygen atoms in total. The lowest BCUT2D eigenvalue weighted by molar-refractivity contribution is 0.276. The second-order valence-electron chi connectivity index (χ2n) is 5.81. The zero-order valence-corrected chi connectivity index (χ0v) is 17.0. The van der Waals surface area contributed by atoms with Crippen molar-refractivity contribution in [1.29, 1.82) is 0 Å². The Hall–Kier alpha value is -1.38. The molecule has 24 heavy (non-hydrogen) atoms. The zero-order valence-electron chi connectivity index (χ0n) is 14.7. The highest BCUT2D eigenvalue weighted by atomic mass is 127. The third kappa shape index (κ3) is 6.26. The van der Waals surface area contributed by atoms with E-state index in [0.717, 1.165) is 19.0 Å². The summed E-state index contributed by atoms with van der Waals surface area (Å²) in [6.45, 7) is 5.24. The Kier molecular flexibility index (Phi) is 9.02. The van der Waals surface area contributed by atoms with Crippen LogP contribution in [-0.4, -0.2) is 51.3 Å². The van der Waals surface area contributed by atoms with Crippen LogP contribution in [-0.2, 0) is 0 Å². The second-order valence-corrected chi connectivity index (χ2v) is 5.81. The molecule has 1 aliphatic heterocycles. The molecule has 0 saturated carbocycles. The number of methoxy groups -OCH3 is 2. The molecule has 1 heterocycles. The maximum absolute atomic E-state index is 6.04. The minimum atomic E-state index is 0. The summed E-state index contributed by atoms with van der Waals surface area (Å²) in [6.07, 6.45) is 2.35. The number of hydrogen-bond donors (Lipinski definition) is 1. The fraction of sp³-hybridized carbons (Fsp3) is 0.588. The van der Waals surface area contributed by atoms with E-state index in [1.165, 1.54) is 12.8 Å². The monoisotopic (exact) mass is 449 g/mol. The van der Waals surface area contributed by atoms with Crippen molar-refractivity contribution < 1.29 is 14.2 Å². The van der Waals surface area contributed by atoms with Crippen LogP contribution in [0.25, 0.3) is 0 Å². The number of likely N-dealkylation sites (tertiary alicyclic amines) is 1. The molecule has 0 radical (unpaired) electrons. The molecule has 1 fully saturated rings. The van der Waals surface area contributed by atoms with E-state index < -0.39 is 0 Å². The molecule has 1 aromatic rings. The lowest BCUT2D eigenvalue weighted by atomic mass is 10.00. The highest BCUT2D eigenvalue weighted by molar-refractivity contribution is 14.0. The molecule has 0 aromatic heterocycles. The number of hydrogen-bond acceptors (Lipinski definition) is 4. The van der Waals surface area contributed by atoms with Crippen LogP contribution in [0.5, 0.6) is 17.2 Å². The van der Waals surface area contributed by atoms with E-state index in [0.29, 0.717) is 36.4 Å². The van der Waals surface area contributed by atoms with Gasteiger partial charge in [0.15, 0.2) is 5.96 Å². The number of piperidine rings is 1. The summed E-state index contributed by atoms with van der Waals surface area (Å²) in [4.78, 5) is 6.55. The molecular weight excluding hydrogens is 421 g/mol. The first-order chi connectivity index (χ1) is 11.1. The molecule has 0 unspecified atom stereocenters. The number of aliphatic imine (C=N–C) groups is 1. The first-order valence-electron chi connectivity index (χ1n) is 8.03. The quantitative estimate of drug-likeness (QED) is 0.313. The van der Waals surface area contributed by atoms with E-state index in [4.69, 9.17) is 19.9 Å². The maximum Gasteiger partial charge on any atom is 0.191 e. The predicted octanol–water partition coefficient (Wildman–Crippen LogP) is 2.75. The molecule has 136 valence electrons. The summed E-state index contributed by atoms with van der Waals surface area (Å²) in [5, 5.41) is 0. The van der Waals surface area contributed by atoms with Crippen LogP contribution in [0.4, 0.5) is 0 Å². The van der Waals surface area contributed by atoms with Gasteiger partial charge in [0.2, 0.25) is 0 Å². The highest BCUT2D eigenvalue weighted by Crippen LogP contribution is 2.27. The molecule has 7 heteroatoms. The molecule has 2 N–H and O–H groups in total. The normalized spacial score (nSPS) is 15.6. The summed E-state index contributed by atoms with van der Waals surface area (Å²) >= 11 is 0. The van der Waals surface area contributed by atoms with E-state index in [1.807, 2.05) is 12.1 Å². The number of nitrogens with two attached hydrogens (primary N) is 1. The van der Waals surface area contributed by atoms with Crippen LogP contribution in [0.1, 0.15) is 19.8 Å². The summed E-state index contributed by atoms with van der Waals surface area (Å²) in [5.41, 5.74) is 6.04. The Morgan fingerprint density at radius 2 is 1.67 bits per heavy atom. The summed E-state index contributed by atoms with van der Waals surface area (Å²) < 4.78 is 16.1. The van der Waals surface area contributed by atoms with E-state index in [-0.39, 0.29) is 24.0 Å². The smallest absolute Gasteiger partial charge is 0.191 e. The van der Waals surface area contributed by atoms with Gasteiger partial charge < -0.3 is 24.8 Å². The van der Waals surface area contributed by atoms with Gasteiger partial charge in [0.25, 0.3) is 0 Å². The van der Waals surface area contributed by atoms with Gasteiger partial charge >= 0.3 is 0 Å². The molecule has 0 atom stereocenters. The second kappa shape index (κ2) is 10.5. The molecule has 0 spiro atoms. The molecule has 0 aliphatic carbocycles. The van der Waals surface area contributed by atoms with Crippen molar-refractivity contribution in [1.82, 2.24) is 4.90 Å². The topological polar surface area (TPSA) is 69.3 Å². The Morgan fingerprint density at radius 3 is 2.21 bits per heavy atom. The van der Waals surface area contributed by atoms with E-state index in [1.54, 1.807) is 20.3 Å². The number of guanidine groups is 1. The fourth-order valence-electron chi connectivity index (χ4n) is 2.53. The van der Waals surface area contributed by atoms with Crippen molar-refractivity contribution in [2.24, 2.45) is 16.6 Å². The summed E-state index contributed by atoms with van der Waals surface area (Å²) in [6, 6.07) is 5.45. The lowest BCUT2D eigenvalue weighted by Gasteiger charge is -2.31. The van der Waals surface area contributed by atoms with Gasteiger partial charge in [0.05, 0.1) is 20.8 Å². The standard InChI is InChI=1S/C17H27N3O3.HI/c1-13-4-7-20(8-5-13)17(18)19-6-9-23-16-11-14(21-2)10-15(12-16)22-3;/h10-13H,4-9H2,1-3H3,(H2,18,19);1H. The largest absolute Gasteiger partial charge is 0.496 e. The van der Waals surface area contributed by atoms with Crippen LogP contribution in [0, 0.1) is 5.92 Å². The molecular formula is C17H28IN3O3. The minimum absolute atomic E-state index is 0. The number of benzene rings is 1. The van der Waals surface area contributed by atoms with Crippen LogP contribution < -0.4 is 19.9 Å². The first-order valence-corrected chi connectivity index (χ1v) is 8.03. The van der Waals surface area contributed by atoms with Gasteiger partial charge in [0, 0.05) is 31.3 Å². The number of rotatable bonds is 6. The van der Waals surface area contributed by atoms with E-state index in [2.05, 4.69) is 16.8 Å². The van der Waals surface area contributed by atoms with Crippen molar-refractivity contribution in [3.63, 3.8) is 0 Å². The predicted molar refractivity (Wildman–Crippen MR) is 107 cm³/mol. The van der Waals surface area contributed by atoms with E-state index in [9.17, 15) is 0 Å². The van der Waals surface area contributed by atoms with Gasteiger partial charge in [-0.05, 0) is 18.8 Å². The average Bonchev–Trinajstić information content (AvgIpc) is 2.58. The molecule has 2 rings (SSSR count). The van der Waals surface area contributed by atoms with Crippen LogP contribution in [0.15, 0.2) is 23.2 Å². The molecule has 0 amide bonds. The first kappa shape index (κ1) is 20.7. The van der Waals surface area contributed by atoms with Gasteiger partial charge in [-0.1, -0.05) is 6.92 Å². The fourth-order valence-corrected chi connectivity index (χ4v) is 2.53. The summed E-state index contributed by atoms with van der Waals surface area (Å²) in [5.74, 6) is 3.49. The molecule has 0 bridgehead atoms. The highest BCUT2D eigenvalue weighted by Gasteiger charge is 2.16. The number of halogens is 1. The lowest BCUT2D eigenvalue weighted by Crippen LogP contribution is -2.42. The van der Waals surface area contributed by atoms with Gasteiger partial charge in [-0.25, -0.2) is 4.99 Å². The van der Waals surface area contributed by atoms with Gasteiger partial charge in [-0.3, -0.25) is 0 Å². The Bertz CT molecular complexity index is 510. The molecule has 1 aromatic carbocycles. The van der Waals surface area contributed by atoms with Crippen molar-refractivity contribution in [3.05, 3.63) is 18.2 Å². The SMILES string of the molecule is COc1cc(OC)cc(OCCN=C(N)N2CCC(C)CC2)c1.I. The maximum atomic E-state index is 6.04. The Labute approximate surface area is 161 Å². The van der Waals surface area contributed by atoms with Crippen LogP contribution >= 0.6 is 24.0 Å². The van der Waals surface area contributed by atoms with Crippen molar-refractivity contribution in [2.45, 2.75) is 19.8 Å². The van der Waals surface area contributed by atoms with Crippen LogP contribution in [0.3, 0.4) is 0 Å². The average molecular weight is 449 g/mol. The van der Waals surface area contributed by atoms with Gasteiger partial charge in [-0.15, -0.1) is 24.0 Å². The zero-order chi connectivity index (χ0) is 16.7. The number of ether oxygens (including phenoxy) is 3. The van der Waals surface area contributed by atoms with Gasteiger partial charge in [0.1, 0.15) is 23.9 Å². The Balaban J connectivity index is 0.00000288. The van der Waals surface area contributed by atoms with Crippen molar-refractivity contribution in [2.75, 3.05) is 40.5 Å². The molecule has 1 saturated heterocycles.